The molecule has 2 rings (SSSR count). The van der Waals surface area contributed by atoms with Crippen LogP contribution in [0.1, 0.15) is 16.8 Å². The molecule has 0 bridgehead atoms. The lowest BCUT2D eigenvalue weighted by Gasteiger charge is -2.17. The Hall–Kier alpha value is -2.90. The van der Waals surface area contributed by atoms with Crippen LogP contribution in [-0.2, 0) is 19.1 Å². The van der Waals surface area contributed by atoms with Crippen LogP contribution in [0.2, 0.25) is 0 Å². The smallest absolute Gasteiger partial charge is 0.421 e. The van der Waals surface area contributed by atoms with Gasteiger partial charge in [-0.05, 0) is 12.1 Å². The average molecular weight is 293 g/mol. The Labute approximate surface area is 118 Å². The first-order valence-corrected chi connectivity index (χ1v) is 5.95. The van der Waals surface area contributed by atoms with Crippen LogP contribution in [0, 0.1) is 0 Å². The Bertz CT molecular complexity index is 583. The molecule has 1 aromatic rings. The van der Waals surface area contributed by atoms with Gasteiger partial charge in [0.05, 0.1) is 12.0 Å². The van der Waals surface area contributed by atoms with Gasteiger partial charge >= 0.3 is 24.0 Å². The maximum Gasteiger partial charge on any atom is 0.421 e. The van der Waals surface area contributed by atoms with Crippen LogP contribution in [0.15, 0.2) is 30.3 Å². The molecule has 0 radical (unpaired) electrons. The number of hydrogen-bond donors (Lipinski definition) is 1. The molecule has 1 heterocycles. The van der Waals surface area contributed by atoms with Crippen molar-refractivity contribution in [3.63, 3.8) is 0 Å². The summed E-state index contributed by atoms with van der Waals surface area (Å²) in [6.45, 7) is -0.447. The zero-order chi connectivity index (χ0) is 15.4. The van der Waals surface area contributed by atoms with Crippen molar-refractivity contribution in [3.8, 4) is 0 Å². The highest BCUT2D eigenvalue weighted by Crippen LogP contribution is 2.16. The van der Waals surface area contributed by atoms with Crippen LogP contribution in [0.25, 0.3) is 0 Å². The van der Waals surface area contributed by atoms with Crippen molar-refractivity contribution in [2.24, 2.45) is 0 Å². The number of rotatable bonds is 3. The number of carbonyl (C=O) groups is 4. The number of ether oxygens (including phenoxy) is 2. The lowest BCUT2D eigenvalue weighted by atomic mass is 10.2. The number of carbonyl (C=O) groups excluding carboxylic acids is 3. The van der Waals surface area contributed by atoms with Gasteiger partial charge < -0.3 is 14.6 Å². The predicted octanol–water partition coefficient (Wildman–Crippen LogP) is 0.623. The van der Waals surface area contributed by atoms with E-state index >= 15 is 0 Å². The van der Waals surface area contributed by atoms with Gasteiger partial charge in [0.2, 0.25) is 0 Å². The van der Waals surface area contributed by atoms with Crippen molar-refractivity contribution >= 4 is 24.0 Å². The molecule has 1 amide bonds. The lowest BCUT2D eigenvalue weighted by molar-refractivity contribution is -0.144. The Kier molecular flexibility index (Phi) is 4.17. The number of aliphatic carboxylic acids is 1. The van der Waals surface area contributed by atoms with E-state index in [0.717, 1.165) is 4.90 Å². The summed E-state index contributed by atoms with van der Waals surface area (Å²) in [6.07, 6.45) is -1.74. The number of carboxylic acid groups (broad SMARTS) is 1. The van der Waals surface area contributed by atoms with Crippen molar-refractivity contribution in [2.45, 2.75) is 12.5 Å². The standard InChI is InChI=1S/C13H11NO7/c15-10(16)6-9-12(18)20-7-14(9)13(19)21-11(17)8-4-2-1-3-5-8/h1-5,9H,6-7H2,(H,15,16). The molecule has 0 saturated carbocycles. The van der Waals surface area contributed by atoms with Crippen molar-refractivity contribution in [2.75, 3.05) is 6.73 Å². The van der Waals surface area contributed by atoms with Crippen LogP contribution in [-0.4, -0.2) is 46.8 Å². The second-order valence-corrected chi connectivity index (χ2v) is 4.20. The third-order valence-electron chi connectivity index (χ3n) is 2.79. The summed E-state index contributed by atoms with van der Waals surface area (Å²) in [5.74, 6) is -3.01. The second-order valence-electron chi connectivity index (χ2n) is 4.20. The van der Waals surface area contributed by atoms with Gasteiger partial charge in [0, 0.05) is 0 Å². The van der Waals surface area contributed by atoms with E-state index < -0.39 is 43.2 Å². The fourth-order valence-electron chi connectivity index (χ4n) is 1.76. The second kappa shape index (κ2) is 6.04. The zero-order valence-electron chi connectivity index (χ0n) is 10.7. The number of carboxylic acids is 1. The molecule has 21 heavy (non-hydrogen) atoms. The average Bonchev–Trinajstić information content (AvgIpc) is 2.80. The minimum absolute atomic E-state index is 0.159. The Morgan fingerprint density at radius 3 is 2.57 bits per heavy atom. The molecule has 1 atom stereocenters. The Balaban J connectivity index is 2.04. The molecule has 1 saturated heterocycles. The SMILES string of the molecule is O=C(O)CC1C(=O)OCN1C(=O)OC(=O)c1ccccc1. The largest absolute Gasteiger partial charge is 0.481 e. The van der Waals surface area contributed by atoms with Gasteiger partial charge in [0.25, 0.3) is 0 Å². The van der Waals surface area contributed by atoms with Gasteiger partial charge in [-0.2, -0.15) is 0 Å². The molecule has 8 nitrogen and oxygen atoms in total. The summed E-state index contributed by atoms with van der Waals surface area (Å²) in [4.78, 5) is 46.3. The number of cyclic esters (lactones) is 1. The molecular formula is C13H11NO7. The van der Waals surface area contributed by atoms with Crippen molar-refractivity contribution in [1.29, 1.82) is 0 Å². The molecular weight excluding hydrogens is 282 g/mol. The molecule has 1 aliphatic heterocycles. The van der Waals surface area contributed by atoms with E-state index in [1.165, 1.54) is 12.1 Å². The molecule has 1 aliphatic rings. The van der Waals surface area contributed by atoms with E-state index in [-0.39, 0.29) is 5.56 Å². The molecule has 1 fully saturated rings. The molecule has 0 aromatic heterocycles. The summed E-state index contributed by atoms with van der Waals surface area (Å²) in [7, 11) is 0. The minimum Gasteiger partial charge on any atom is -0.481 e. The topological polar surface area (TPSA) is 110 Å². The van der Waals surface area contributed by atoms with Crippen LogP contribution in [0.4, 0.5) is 4.79 Å². The van der Waals surface area contributed by atoms with Crippen molar-refractivity contribution < 1.29 is 33.8 Å². The van der Waals surface area contributed by atoms with E-state index in [9.17, 15) is 19.2 Å². The van der Waals surface area contributed by atoms with Gasteiger partial charge in [-0.25, -0.2) is 14.4 Å². The van der Waals surface area contributed by atoms with Gasteiger partial charge in [-0.15, -0.1) is 0 Å². The van der Waals surface area contributed by atoms with E-state index in [0.29, 0.717) is 0 Å². The molecule has 0 aliphatic carbocycles. The van der Waals surface area contributed by atoms with Gasteiger partial charge in [0.1, 0.15) is 6.04 Å². The zero-order valence-corrected chi connectivity index (χ0v) is 10.7. The van der Waals surface area contributed by atoms with Crippen LogP contribution < -0.4 is 0 Å². The van der Waals surface area contributed by atoms with Gasteiger partial charge in [0.15, 0.2) is 6.73 Å². The quantitative estimate of drug-likeness (QED) is 0.642. The highest BCUT2D eigenvalue weighted by atomic mass is 16.6. The maximum absolute atomic E-state index is 11.8. The van der Waals surface area contributed by atoms with E-state index in [1.54, 1.807) is 18.2 Å². The molecule has 0 spiro atoms. The van der Waals surface area contributed by atoms with Gasteiger partial charge in [-0.1, -0.05) is 18.2 Å². The van der Waals surface area contributed by atoms with E-state index in [4.69, 9.17) is 5.11 Å². The van der Waals surface area contributed by atoms with Crippen LogP contribution in [0.5, 0.6) is 0 Å². The molecule has 8 heteroatoms. The summed E-state index contributed by atoms with van der Waals surface area (Å²) >= 11 is 0. The lowest BCUT2D eigenvalue weighted by Crippen LogP contribution is -2.40. The normalized spacial score (nSPS) is 17.2. The number of nitrogens with zero attached hydrogens (tertiary/aromatic N) is 1. The minimum atomic E-state index is -1.29. The first-order chi connectivity index (χ1) is 9.99. The molecule has 1 N–H and O–H groups in total. The third-order valence-corrected chi connectivity index (χ3v) is 2.79. The summed E-state index contributed by atoms with van der Waals surface area (Å²) < 4.78 is 9.20. The summed E-state index contributed by atoms with van der Waals surface area (Å²) in [5, 5.41) is 8.70. The number of esters is 2. The highest BCUT2D eigenvalue weighted by molar-refractivity contribution is 5.97. The first-order valence-electron chi connectivity index (χ1n) is 5.95. The van der Waals surface area contributed by atoms with E-state index in [1.807, 2.05) is 0 Å². The van der Waals surface area contributed by atoms with Crippen molar-refractivity contribution in [3.05, 3.63) is 35.9 Å². The fourth-order valence-corrected chi connectivity index (χ4v) is 1.76. The summed E-state index contributed by atoms with van der Waals surface area (Å²) in [5.41, 5.74) is 0.159. The number of amides is 1. The third kappa shape index (κ3) is 3.35. The molecule has 1 aromatic carbocycles. The Morgan fingerprint density at radius 2 is 1.95 bits per heavy atom. The monoisotopic (exact) mass is 293 g/mol. The van der Waals surface area contributed by atoms with Crippen LogP contribution in [0.3, 0.4) is 0 Å². The van der Waals surface area contributed by atoms with Gasteiger partial charge in [-0.3, -0.25) is 9.69 Å². The predicted molar refractivity (Wildman–Crippen MR) is 66.1 cm³/mol. The molecule has 1 unspecified atom stereocenters. The number of benzene rings is 1. The Morgan fingerprint density at radius 1 is 1.29 bits per heavy atom. The fraction of sp³-hybridized carbons (Fsp3) is 0.231. The van der Waals surface area contributed by atoms with Crippen LogP contribution >= 0.6 is 0 Å². The highest BCUT2D eigenvalue weighted by Gasteiger charge is 2.40. The first kappa shape index (κ1) is 14.5. The summed E-state index contributed by atoms with van der Waals surface area (Å²) in [6, 6.07) is 6.49. The van der Waals surface area contributed by atoms with Crippen molar-refractivity contribution in [1.82, 2.24) is 4.90 Å². The number of hydrogen-bond acceptors (Lipinski definition) is 6. The molecule has 110 valence electrons. The van der Waals surface area contributed by atoms with E-state index in [2.05, 4.69) is 9.47 Å². The maximum atomic E-state index is 11.8.